The number of carbonyl (C=O) groups excluding carboxylic acids is 2. The average molecular weight is 481 g/mol. The molecule has 30 heavy (non-hydrogen) atoms. The minimum atomic E-state index is -0.667. The number of halogens is 1. The van der Waals surface area contributed by atoms with E-state index in [4.69, 9.17) is 23.7 Å². The molecule has 4 heterocycles. The first kappa shape index (κ1) is 18.6. The third kappa shape index (κ3) is 1.66. The van der Waals surface area contributed by atoms with Crippen LogP contribution in [-0.4, -0.2) is 65.1 Å². The second-order valence-electron chi connectivity index (χ2n) is 10.5. The first-order valence-electron chi connectivity index (χ1n) is 11.0. The van der Waals surface area contributed by atoms with Gasteiger partial charge in [0.2, 0.25) is 0 Å². The van der Waals surface area contributed by atoms with Crippen LogP contribution in [0, 0.1) is 17.3 Å². The molecule has 0 radical (unpaired) electrons. The molecule has 162 valence electrons. The van der Waals surface area contributed by atoms with Crippen molar-refractivity contribution in [3.8, 4) is 0 Å². The highest BCUT2D eigenvalue weighted by Gasteiger charge is 3.01. The van der Waals surface area contributed by atoms with Crippen molar-refractivity contribution in [1.82, 2.24) is 0 Å². The molecule has 2 spiro atoms. The van der Waals surface area contributed by atoms with Crippen LogP contribution in [0.1, 0.15) is 40.0 Å². The van der Waals surface area contributed by atoms with Crippen molar-refractivity contribution in [3.63, 3.8) is 0 Å². The number of ether oxygens (including phenoxy) is 5. The van der Waals surface area contributed by atoms with E-state index in [2.05, 4.69) is 36.7 Å². The Hall–Kier alpha value is -0.960. The predicted octanol–water partition coefficient (Wildman–Crippen LogP) is 2.05. The van der Waals surface area contributed by atoms with E-state index >= 15 is 0 Å². The number of esters is 2. The summed E-state index contributed by atoms with van der Waals surface area (Å²) in [6.07, 6.45) is 1.62. The smallest absolute Gasteiger partial charge is 0.334 e. The van der Waals surface area contributed by atoms with E-state index < -0.39 is 22.9 Å². The van der Waals surface area contributed by atoms with Gasteiger partial charge in [-0.15, -0.1) is 0 Å². The molecule has 0 aromatic rings. The number of hydrogen-bond acceptors (Lipinski definition) is 7. The molecule has 0 amide bonds. The van der Waals surface area contributed by atoms with E-state index in [1.54, 1.807) is 0 Å². The minimum absolute atomic E-state index is 0.0585. The van der Waals surface area contributed by atoms with Crippen molar-refractivity contribution in [2.24, 2.45) is 17.3 Å². The lowest BCUT2D eigenvalue weighted by Gasteiger charge is -2.53. The Morgan fingerprint density at radius 3 is 2.80 bits per heavy atom. The van der Waals surface area contributed by atoms with Crippen molar-refractivity contribution in [3.05, 3.63) is 11.1 Å². The Bertz CT molecular complexity index is 946. The van der Waals surface area contributed by atoms with Crippen molar-refractivity contribution < 1.29 is 33.3 Å². The molecule has 3 saturated heterocycles. The molecule has 2 saturated carbocycles. The molecule has 0 unspecified atom stereocenters. The fourth-order valence-electron chi connectivity index (χ4n) is 8.01. The Balaban J connectivity index is 1.37. The molecule has 0 N–H and O–H groups in total. The van der Waals surface area contributed by atoms with E-state index in [-0.39, 0.29) is 52.8 Å². The fourth-order valence-corrected chi connectivity index (χ4v) is 8.14. The molecule has 0 aromatic heterocycles. The van der Waals surface area contributed by atoms with Gasteiger partial charge in [-0.25, -0.2) is 4.79 Å². The van der Waals surface area contributed by atoms with Gasteiger partial charge in [-0.1, -0.05) is 36.7 Å². The van der Waals surface area contributed by atoms with Gasteiger partial charge in [0.25, 0.3) is 0 Å². The first-order valence-corrected chi connectivity index (χ1v) is 12.1. The fraction of sp³-hybridized carbons (Fsp3) is 0.818. The highest BCUT2D eigenvalue weighted by molar-refractivity contribution is 9.09. The topological polar surface area (TPSA) is 90.2 Å². The molecule has 7 aliphatic rings. The summed E-state index contributed by atoms with van der Waals surface area (Å²) in [5.74, 6) is -0.119. The Morgan fingerprint density at radius 1 is 1.27 bits per heavy atom. The number of alkyl halides is 1. The number of cyclic esters (lactones) is 1. The molecular formula is C22H25BrO7. The molecule has 5 fully saturated rings. The Labute approximate surface area is 182 Å². The maximum Gasteiger partial charge on any atom is 0.334 e. The monoisotopic (exact) mass is 480 g/mol. The van der Waals surface area contributed by atoms with Crippen molar-refractivity contribution in [2.45, 2.75) is 81.3 Å². The molecule has 8 heteroatoms. The number of epoxide rings is 3. The largest absolute Gasteiger partial charge is 0.458 e. The van der Waals surface area contributed by atoms with E-state index in [1.807, 2.05) is 0 Å². The number of rotatable bonds is 3. The predicted molar refractivity (Wildman–Crippen MR) is 105 cm³/mol. The quantitative estimate of drug-likeness (QED) is 0.346. The highest BCUT2D eigenvalue weighted by Crippen LogP contribution is 2.83. The molecule has 0 aromatic carbocycles. The Morgan fingerprint density at radius 2 is 2.07 bits per heavy atom. The van der Waals surface area contributed by atoms with Crippen LogP contribution < -0.4 is 0 Å². The van der Waals surface area contributed by atoms with Crippen LogP contribution in [0.2, 0.25) is 0 Å². The SMILES string of the molecule is CC(C)[C@]12O[C@H]1[C@@H]1O[C@]13[C@]1(O[C@H]1C[C@H]1C4=C(CC[C@@]13C)C(=O)OC4)[C@@H]2OC(=O)CBr. The van der Waals surface area contributed by atoms with Crippen molar-refractivity contribution in [2.75, 3.05) is 11.9 Å². The molecular weight excluding hydrogens is 456 g/mol. The second kappa shape index (κ2) is 5.16. The number of hydrogen-bond donors (Lipinski definition) is 0. The molecule has 4 aliphatic heterocycles. The number of fused-ring (bicyclic) bond motifs is 4. The van der Waals surface area contributed by atoms with E-state index in [1.165, 1.54) is 0 Å². The van der Waals surface area contributed by atoms with Crippen LogP contribution >= 0.6 is 15.9 Å². The molecule has 3 aliphatic carbocycles. The lowest BCUT2D eigenvalue weighted by atomic mass is 9.46. The molecule has 7 nitrogen and oxygen atoms in total. The Kier molecular flexibility index (Phi) is 3.20. The lowest BCUT2D eigenvalue weighted by Crippen LogP contribution is -2.70. The summed E-state index contributed by atoms with van der Waals surface area (Å²) in [4.78, 5) is 24.6. The van der Waals surface area contributed by atoms with Gasteiger partial charge in [-0.05, 0) is 36.7 Å². The zero-order valence-corrected chi connectivity index (χ0v) is 18.8. The van der Waals surface area contributed by atoms with Gasteiger partial charge in [0.1, 0.15) is 35.3 Å². The third-order valence-electron chi connectivity index (χ3n) is 9.42. The normalized spacial score (nSPS) is 56.0. The first-order chi connectivity index (χ1) is 14.3. The van der Waals surface area contributed by atoms with E-state index in [0.29, 0.717) is 13.0 Å². The highest BCUT2D eigenvalue weighted by atomic mass is 79.9. The van der Waals surface area contributed by atoms with Gasteiger partial charge in [0.15, 0.2) is 11.7 Å². The molecule has 7 rings (SSSR count). The summed E-state index contributed by atoms with van der Waals surface area (Å²) in [6, 6.07) is 0. The van der Waals surface area contributed by atoms with E-state index in [0.717, 1.165) is 24.0 Å². The van der Waals surface area contributed by atoms with Gasteiger partial charge in [-0.3, -0.25) is 4.79 Å². The number of carbonyl (C=O) groups is 2. The van der Waals surface area contributed by atoms with Crippen LogP contribution in [0.4, 0.5) is 0 Å². The molecule has 0 bridgehead atoms. The zero-order chi connectivity index (χ0) is 20.8. The lowest BCUT2D eigenvalue weighted by molar-refractivity contribution is -0.166. The van der Waals surface area contributed by atoms with Crippen LogP contribution in [0.15, 0.2) is 11.1 Å². The summed E-state index contributed by atoms with van der Waals surface area (Å²) in [5, 5.41) is 0.135. The van der Waals surface area contributed by atoms with Gasteiger partial charge >= 0.3 is 11.9 Å². The standard InChI is InChI=1S/C22H25BrO7/c1-9(2)20-15(29-20)16-22(30-16)19(3)5-4-10-11(8-26-17(10)25)12(19)6-13-21(22,28-13)18(20)27-14(24)7-23/h9,12-13,15-16,18H,4-8H2,1-3H3/t12-,13-,15-,16-,18+,19-,20-,21+,22+/m0/s1. The summed E-state index contributed by atoms with van der Waals surface area (Å²) in [7, 11) is 0. The van der Waals surface area contributed by atoms with Crippen molar-refractivity contribution in [1.29, 1.82) is 0 Å². The summed E-state index contributed by atoms with van der Waals surface area (Å²) in [6.45, 7) is 6.89. The second-order valence-corrected chi connectivity index (χ2v) is 11.1. The maximum absolute atomic E-state index is 12.4. The summed E-state index contributed by atoms with van der Waals surface area (Å²) in [5.41, 5.74) is 0.00974. The molecule has 9 atom stereocenters. The van der Waals surface area contributed by atoms with Crippen LogP contribution in [0.3, 0.4) is 0 Å². The third-order valence-corrected chi connectivity index (χ3v) is 9.88. The maximum atomic E-state index is 12.4. The minimum Gasteiger partial charge on any atom is -0.458 e. The summed E-state index contributed by atoms with van der Waals surface area (Å²) >= 11 is 3.24. The van der Waals surface area contributed by atoms with Gasteiger partial charge < -0.3 is 23.7 Å². The van der Waals surface area contributed by atoms with Crippen molar-refractivity contribution >= 4 is 27.9 Å². The average Bonchev–Trinajstić information content (AvgIpc) is 3.61. The van der Waals surface area contributed by atoms with Gasteiger partial charge in [0, 0.05) is 11.0 Å². The van der Waals surface area contributed by atoms with Crippen LogP contribution in [0.25, 0.3) is 0 Å². The van der Waals surface area contributed by atoms with Crippen LogP contribution in [0.5, 0.6) is 0 Å². The van der Waals surface area contributed by atoms with Crippen LogP contribution in [-0.2, 0) is 33.3 Å². The van der Waals surface area contributed by atoms with E-state index in [9.17, 15) is 9.59 Å². The summed E-state index contributed by atoms with van der Waals surface area (Å²) < 4.78 is 31.0. The zero-order valence-electron chi connectivity index (χ0n) is 17.2. The van der Waals surface area contributed by atoms with Gasteiger partial charge in [0.05, 0.1) is 6.10 Å². The van der Waals surface area contributed by atoms with Gasteiger partial charge in [-0.2, -0.15) is 0 Å².